The van der Waals surface area contributed by atoms with Gasteiger partial charge in [0.25, 0.3) is 0 Å². The lowest BCUT2D eigenvalue weighted by Gasteiger charge is -2.08. The maximum Gasteiger partial charge on any atom is 0.193 e. The molecule has 156 valence electrons. The minimum atomic E-state index is 0. The first kappa shape index (κ1) is 22.9. The van der Waals surface area contributed by atoms with Crippen LogP contribution in [0.15, 0.2) is 41.4 Å². The van der Waals surface area contributed by atoms with Crippen LogP contribution in [0.25, 0.3) is 10.9 Å². The molecular weight excluding hydrogens is 479 g/mol. The molecule has 29 heavy (non-hydrogen) atoms. The van der Waals surface area contributed by atoms with E-state index in [1.54, 1.807) is 14.2 Å². The summed E-state index contributed by atoms with van der Waals surface area (Å²) in [4.78, 5) is 7.86. The number of aryl methyl sites for hydroxylation is 3. The molecule has 7 heteroatoms. The Labute approximate surface area is 188 Å². The van der Waals surface area contributed by atoms with Crippen molar-refractivity contribution in [2.24, 2.45) is 10.7 Å². The Kier molecular flexibility index (Phi) is 8.19. The van der Waals surface area contributed by atoms with E-state index in [1.165, 1.54) is 11.1 Å². The number of H-pyrrole nitrogens is 1. The van der Waals surface area contributed by atoms with E-state index < -0.39 is 0 Å². The average Bonchev–Trinajstić information content (AvgIpc) is 3.10. The maximum absolute atomic E-state index is 6.01. The quantitative estimate of drug-likeness (QED) is 0.186. The molecule has 3 rings (SSSR count). The first-order chi connectivity index (χ1) is 13.5. The molecule has 0 atom stereocenters. The molecule has 1 heterocycles. The van der Waals surface area contributed by atoms with E-state index in [0.29, 0.717) is 12.5 Å². The molecular formula is C22H29IN4O2. The molecule has 0 spiro atoms. The summed E-state index contributed by atoms with van der Waals surface area (Å²) in [6.45, 7) is 4.82. The van der Waals surface area contributed by atoms with Crippen molar-refractivity contribution in [3.05, 3.63) is 53.2 Å². The molecule has 0 saturated heterocycles. The molecule has 0 radical (unpaired) electrons. The van der Waals surface area contributed by atoms with E-state index in [-0.39, 0.29) is 24.0 Å². The number of halogens is 1. The lowest BCUT2D eigenvalue weighted by Crippen LogP contribution is -2.23. The fourth-order valence-electron chi connectivity index (χ4n) is 3.13. The standard InChI is InChI=1S/C22H28N4O2.HI/c1-14-7-8-17(10-15(14)2)26-22(23)24-9-5-6-16-11-19-20(25-16)12-18(27-3)13-21(19)28-4;/h7-8,10-13,25H,5-6,9H2,1-4H3,(H3,23,24,26);1H. The van der Waals surface area contributed by atoms with Gasteiger partial charge in [-0.1, -0.05) is 6.07 Å². The molecule has 0 aliphatic carbocycles. The highest BCUT2D eigenvalue weighted by molar-refractivity contribution is 14.0. The van der Waals surface area contributed by atoms with Crippen LogP contribution in [0.1, 0.15) is 23.2 Å². The molecule has 0 bridgehead atoms. The zero-order chi connectivity index (χ0) is 20.1. The summed E-state index contributed by atoms with van der Waals surface area (Å²) < 4.78 is 10.8. The largest absolute Gasteiger partial charge is 0.497 e. The monoisotopic (exact) mass is 508 g/mol. The zero-order valence-corrected chi connectivity index (χ0v) is 19.7. The summed E-state index contributed by atoms with van der Waals surface area (Å²) in [6, 6.07) is 12.1. The highest BCUT2D eigenvalue weighted by atomic mass is 127. The lowest BCUT2D eigenvalue weighted by atomic mass is 10.1. The Hall–Kier alpha value is -2.42. The number of aromatic nitrogens is 1. The number of benzene rings is 2. The Balaban J connectivity index is 0.00000300. The van der Waals surface area contributed by atoms with Crippen molar-refractivity contribution in [3.8, 4) is 11.5 Å². The summed E-state index contributed by atoms with van der Waals surface area (Å²) in [6.07, 6.45) is 1.77. The lowest BCUT2D eigenvalue weighted by molar-refractivity contribution is 0.398. The second kappa shape index (κ2) is 10.4. The van der Waals surface area contributed by atoms with Crippen molar-refractivity contribution in [2.45, 2.75) is 26.7 Å². The van der Waals surface area contributed by atoms with Crippen molar-refractivity contribution in [3.63, 3.8) is 0 Å². The highest BCUT2D eigenvalue weighted by Gasteiger charge is 2.09. The number of aliphatic imine (C=N–C) groups is 1. The van der Waals surface area contributed by atoms with Crippen LogP contribution in [0.5, 0.6) is 11.5 Å². The van der Waals surface area contributed by atoms with Crippen LogP contribution in [-0.2, 0) is 6.42 Å². The maximum atomic E-state index is 6.01. The first-order valence-corrected chi connectivity index (χ1v) is 9.38. The van der Waals surface area contributed by atoms with Crippen molar-refractivity contribution in [1.29, 1.82) is 0 Å². The second-order valence-corrected chi connectivity index (χ2v) is 6.88. The predicted molar refractivity (Wildman–Crippen MR) is 131 cm³/mol. The number of ether oxygens (including phenoxy) is 2. The molecule has 0 fully saturated rings. The van der Waals surface area contributed by atoms with Crippen LogP contribution in [0.4, 0.5) is 5.69 Å². The number of fused-ring (bicyclic) bond motifs is 1. The molecule has 2 aromatic carbocycles. The SMILES string of the molecule is COc1cc(OC)c2cc(CCCN=C(N)Nc3ccc(C)c(C)c3)[nH]c2c1.I. The second-order valence-electron chi connectivity index (χ2n) is 6.88. The Morgan fingerprint density at radius 2 is 1.86 bits per heavy atom. The van der Waals surface area contributed by atoms with Crippen LogP contribution >= 0.6 is 24.0 Å². The third-order valence-electron chi connectivity index (χ3n) is 4.85. The Morgan fingerprint density at radius 3 is 2.55 bits per heavy atom. The van der Waals surface area contributed by atoms with E-state index in [2.05, 4.69) is 47.3 Å². The van der Waals surface area contributed by atoms with Gasteiger partial charge in [-0.3, -0.25) is 4.99 Å². The summed E-state index contributed by atoms with van der Waals surface area (Å²) in [5.74, 6) is 2.01. The number of hydrogen-bond donors (Lipinski definition) is 3. The van der Waals surface area contributed by atoms with E-state index in [4.69, 9.17) is 15.2 Å². The van der Waals surface area contributed by atoms with Gasteiger partial charge in [0.1, 0.15) is 11.5 Å². The van der Waals surface area contributed by atoms with Gasteiger partial charge >= 0.3 is 0 Å². The molecule has 1 aromatic heterocycles. The predicted octanol–water partition coefficient (Wildman–Crippen LogP) is 4.78. The van der Waals surface area contributed by atoms with Gasteiger partial charge in [-0.2, -0.15) is 0 Å². The Bertz CT molecular complexity index is 998. The van der Waals surface area contributed by atoms with Gasteiger partial charge in [0, 0.05) is 35.4 Å². The van der Waals surface area contributed by atoms with Gasteiger partial charge in [-0.25, -0.2) is 0 Å². The zero-order valence-electron chi connectivity index (χ0n) is 17.3. The number of rotatable bonds is 7. The van der Waals surface area contributed by atoms with Gasteiger partial charge in [0.15, 0.2) is 5.96 Å². The number of guanidine groups is 1. The molecule has 0 amide bonds. The van der Waals surface area contributed by atoms with Gasteiger partial charge in [-0.15, -0.1) is 24.0 Å². The smallest absolute Gasteiger partial charge is 0.193 e. The van der Waals surface area contributed by atoms with Crippen molar-refractivity contribution < 1.29 is 9.47 Å². The van der Waals surface area contributed by atoms with Gasteiger partial charge < -0.3 is 25.5 Å². The van der Waals surface area contributed by atoms with Crippen molar-refractivity contribution >= 4 is 46.5 Å². The summed E-state index contributed by atoms with van der Waals surface area (Å²) in [5.41, 5.74) is 11.6. The third kappa shape index (κ3) is 5.79. The molecule has 0 unspecified atom stereocenters. The van der Waals surface area contributed by atoms with Crippen LogP contribution < -0.4 is 20.5 Å². The normalized spacial score (nSPS) is 11.2. The molecule has 0 aliphatic heterocycles. The number of nitrogens with two attached hydrogens (primary N) is 1. The molecule has 0 saturated carbocycles. The molecule has 4 N–H and O–H groups in total. The van der Waals surface area contributed by atoms with E-state index >= 15 is 0 Å². The molecule has 0 aliphatic rings. The molecule has 3 aromatic rings. The van der Waals surface area contributed by atoms with Gasteiger partial charge in [0.2, 0.25) is 0 Å². The first-order valence-electron chi connectivity index (χ1n) is 9.38. The third-order valence-corrected chi connectivity index (χ3v) is 4.85. The number of nitrogens with zero attached hydrogens (tertiary/aromatic N) is 1. The van der Waals surface area contributed by atoms with Crippen LogP contribution in [-0.4, -0.2) is 31.7 Å². The van der Waals surface area contributed by atoms with Gasteiger partial charge in [-0.05, 0) is 56.0 Å². The van der Waals surface area contributed by atoms with E-state index in [0.717, 1.165) is 46.6 Å². The van der Waals surface area contributed by atoms with Crippen LogP contribution in [0.2, 0.25) is 0 Å². The van der Waals surface area contributed by atoms with Crippen molar-refractivity contribution in [2.75, 3.05) is 26.1 Å². The Morgan fingerprint density at radius 1 is 1.07 bits per heavy atom. The number of aromatic amines is 1. The molecule has 6 nitrogen and oxygen atoms in total. The topological polar surface area (TPSA) is 84.7 Å². The summed E-state index contributed by atoms with van der Waals surface area (Å²) >= 11 is 0. The van der Waals surface area contributed by atoms with Crippen LogP contribution in [0.3, 0.4) is 0 Å². The number of hydrogen-bond acceptors (Lipinski definition) is 3. The van der Waals surface area contributed by atoms with Crippen LogP contribution in [0, 0.1) is 13.8 Å². The average molecular weight is 508 g/mol. The minimum Gasteiger partial charge on any atom is -0.497 e. The number of methoxy groups -OCH3 is 2. The fourth-order valence-corrected chi connectivity index (χ4v) is 3.13. The highest BCUT2D eigenvalue weighted by Crippen LogP contribution is 2.31. The van der Waals surface area contributed by atoms with Gasteiger partial charge in [0.05, 0.1) is 19.7 Å². The summed E-state index contributed by atoms with van der Waals surface area (Å²) in [7, 11) is 3.32. The fraction of sp³-hybridized carbons (Fsp3) is 0.318. The van der Waals surface area contributed by atoms with E-state index in [1.807, 2.05) is 18.2 Å². The van der Waals surface area contributed by atoms with Crippen molar-refractivity contribution in [1.82, 2.24) is 4.98 Å². The number of nitrogens with one attached hydrogen (secondary N) is 2. The summed E-state index contributed by atoms with van der Waals surface area (Å²) in [5, 5.41) is 4.20. The minimum absolute atomic E-state index is 0. The number of anilines is 1. The van der Waals surface area contributed by atoms with E-state index in [9.17, 15) is 0 Å².